The van der Waals surface area contributed by atoms with E-state index in [0.717, 1.165) is 16.7 Å². The largest absolute Gasteiger partial charge is 0.492 e. The molecule has 0 bridgehead atoms. The molecular formula is C21H20FNO2. The van der Waals surface area contributed by atoms with Crippen molar-refractivity contribution >= 4 is 16.7 Å². The van der Waals surface area contributed by atoms with Gasteiger partial charge in [0.05, 0.1) is 6.54 Å². The molecule has 4 heteroatoms. The minimum absolute atomic E-state index is 0.0357. The first kappa shape index (κ1) is 17.0. The molecule has 0 radical (unpaired) electrons. The van der Waals surface area contributed by atoms with Gasteiger partial charge >= 0.3 is 0 Å². The molecule has 3 aromatic carbocycles. The average molecular weight is 337 g/mol. The van der Waals surface area contributed by atoms with Gasteiger partial charge < -0.3 is 10.1 Å². The van der Waals surface area contributed by atoms with Gasteiger partial charge in [-0.15, -0.1) is 0 Å². The van der Waals surface area contributed by atoms with Gasteiger partial charge in [-0.2, -0.15) is 0 Å². The van der Waals surface area contributed by atoms with E-state index in [2.05, 4.69) is 11.4 Å². The molecule has 0 aliphatic rings. The summed E-state index contributed by atoms with van der Waals surface area (Å²) in [4.78, 5) is 11.8. The van der Waals surface area contributed by atoms with Crippen molar-refractivity contribution in [2.45, 2.75) is 12.8 Å². The molecule has 0 aromatic heterocycles. The van der Waals surface area contributed by atoms with Gasteiger partial charge in [0.25, 0.3) is 0 Å². The number of benzene rings is 3. The molecule has 0 aliphatic heterocycles. The van der Waals surface area contributed by atoms with Gasteiger partial charge in [0, 0.05) is 6.42 Å². The summed E-state index contributed by atoms with van der Waals surface area (Å²) < 4.78 is 18.5. The smallest absolute Gasteiger partial charge is 0.220 e. The van der Waals surface area contributed by atoms with Crippen LogP contribution in [0.3, 0.4) is 0 Å². The summed E-state index contributed by atoms with van der Waals surface area (Å²) in [5.74, 6) is 0.490. The van der Waals surface area contributed by atoms with Gasteiger partial charge in [0.15, 0.2) is 0 Å². The van der Waals surface area contributed by atoms with Crippen LogP contribution in [0.15, 0.2) is 66.7 Å². The second-order valence-corrected chi connectivity index (χ2v) is 5.83. The molecule has 1 amide bonds. The van der Waals surface area contributed by atoms with E-state index in [9.17, 15) is 9.18 Å². The van der Waals surface area contributed by atoms with Crippen molar-refractivity contribution in [1.29, 1.82) is 0 Å². The third kappa shape index (κ3) is 5.05. The number of nitrogens with one attached hydrogen (secondary N) is 1. The molecule has 0 atom stereocenters. The summed E-state index contributed by atoms with van der Waals surface area (Å²) in [5.41, 5.74) is 0.948. The zero-order valence-electron chi connectivity index (χ0n) is 13.9. The number of hydrogen-bond donors (Lipinski definition) is 1. The standard InChI is InChI=1S/C21H20FNO2/c22-19-9-5-16(6-10-19)7-12-21(24)23-13-14-25-20-11-8-17-3-1-2-4-18(17)15-20/h1-6,8-11,15H,7,12-14H2,(H,23,24). The van der Waals surface area contributed by atoms with Crippen LogP contribution < -0.4 is 10.1 Å². The first-order chi connectivity index (χ1) is 12.2. The number of halogens is 1. The molecule has 0 unspecified atom stereocenters. The minimum atomic E-state index is -0.265. The second kappa shape index (κ2) is 8.29. The van der Waals surface area contributed by atoms with Crippen molar-refractivity contribution in [2.24, 2.45) is 0 Å². The highest BCUT2D eigenvalue weighted by atomic mass is 19.1. The van der Waals surface area contributed by atoms with Crippen molar-refractivity contribution in [3.05, 3.63) is 78.1 Å². The van der Waals surface area contributed by atoms with Crippen LogP contribution in [0.4, 0.5) is 4.39 Å². The normalized spacial score (nSPS) is 10.6. The fourth-order valence-corrected chi connectivity index (χ4v) is 2.61. The summed E-state index contributed by atoms with van der Waals surface area (Å²) in [6, 6.07) is 20.3. The van der Waals surface area contributed by atoms with Crippen molar-refractivity contribution < 1.29 is 13.9 Å². The van der Waals surface area contributed by atoms with Crippen molar-refractivity contribution in [3.63, 3.8) is 0 Å². The number of fused-ring (bicyclic) bond motifs is 1. The lowest BCUT2D eigenvalue weighted by molar-refractivity contribution is -0.121. The molecule has 25 heavy (non-hydrogen) atoms. The van der Waals surface area contributed by atoms with Crippen molar-refractivity contribution in [1.82, 2.24) is 5.32 Å². The number of aryl methyl sites for hydroxylation is 1. The van der Waals surface area contributed by atoms with Gasteiger partial charge in [0.2, 0.25) is 5.91 Å². The lowest BCUT2D eigenvalue weighted by Crippen LogP contribution is -2.28. The second-order valence-electron chi connectivity index (χ2n) is 5.83. The molecule has 3 rings (SSSR count). The molecule has 0 saturated carbocycles. The Labute approximate surface area is 146 Å². The van der Waals surface area contributed by atoms with Gasteiger partial charge in [-0.25, -0.2) is 4.39 Å². The van der Waals surface area contributed by atoms with E-state index in [1.165, 1.54) is 17.5 Å². The molecule has 0 aliphatic carbocycles. The maximum absolute atomic E-state index is 12.8. The predicted molar refractivity (Wildman–Crippen MR) is 97.2 cm³/mol. The summed E-state index contributed by atoms with van der Waals surface area (Å²) in [6.45, 7) is 0.871. The lowest BCUT2D eigenvalue weighted by Gasteiger charge is -2.09. The monoisotopic (exact) mass is 337 g/mol. The summed E-state index contributed by atoms with van der Waals surface area (Å²) >= 11 is 0. The molecule has 0 spiro atoms. The van der Waals surface area contributed by atoms with Crippen LogP contribution in [-0.4, -0.2) is 19.1 Å². The average Bonchev–Trinajstić information content (AvgIpc) is 2.64. The first-order valence-electron chi connectivity index (χ1n) is 8.33. The van der Waals surface area contributed by atoms with Crippen molar-refractivity contribution in [3.8, 4) is 5.75 Å². The third-order valence-corrected chi connectivity index (χ3v) is 3.97. The third-order valence-electron chi connectivity index (χ3n) is 3.97. The molecule has 3 nitrogen and oxygen atoms in total. The fraction of sp³-hybridized carbons (Fsp3) is 0.190. The van der Waals surface area contributed by atoms with E-state index in [0.29, 0.717) is 26.0 Å². The van der Waals surface area contributed by atoms with Gasteiger partial charge in [-0.05, 0) is 47.0 Å². The number of carbonyl (C=O) groups is 1. The number of carbonyl (C=O) groups excluding carboxylic acids is 1. The molecule has 3 aromatic rings. The van der Waals surface area contributed by atoms with Crippen LogP contribution >= 0.6 is 0 Å². The Morgan fingerprint density at radius 2 is 1.72 bits per heavy atom. The van der Waals surface area contributed by atoms with E-state index in [1.807, 2.05) is 36.4 Å². The maximum Gasteiger partial charge on any atom is 0.220 e. The van der Waals surface area contributed by atoms with Crippen LogP contribution in [-0.2, 0) is 11.2 Å². The molecule has 1 N–H and O–H groups in total. The molecule has 0 fully saturated rings. The Morgan fingerprint density at radius 1 is 0.960 bits per heavy atom. The molecule has 0 saturated heterocycles. The predicted octanol–water partition coefficient (Wildman–Crippen LogP) is 4.11. The van der Waals surface area contributed by atoms with E-state index in [-0.39, 0.29) is 11.7 Å². The van der Waals surface area contributed by atoms with E-state index in [1.54, 1.807) is 12.1 Å². The van der Waals surface area contributed by atoms with Crippen LogP contribution in [0.2, 0.25) is 0 Å². The number of rotatable bonds is 7. The first-order valence-corrected chi connectivity index (χ1v) is 8.33. The van der Waals surface area contributed by atoms with Crippen LogP contribution in [0, 0.1) is 5.82 Å². The zero-order chi connectivity index (χ0) is 17.5. The summed E-state index contributed by atoms with van der Waals surface area (Å²) in [6.07, 6.45) is 0.971. The Morgan fingerprint density at radius 3 is 2.52 bits per heavy atom. The number of amides is 1. The van der Waals surface area contributed by atoms with Gasteiger partial charge in [-0.1, -0.05) is 42.5 Å². The minimum Gasteiger partial charge on any atom is -0.492 e. The zero-order valence-corrected chi connectivity index (χ0v) is 13.9. The van der Waals surface area contributed by atoms with Crippen LogP contribution in [0.1, 0.15) is 12.0 Å². The van der Waals surface area contributed by atoms with E-state index < -0.39 is 0 Å². The Balaban J connectivity index is 1.38. The van der Waals surface area contributed by atoms with E-state index in [4.69, 9.17) is 4.74 Å². The van der Waals surface area contributed by atoms with E-state index >= 15 is 0 Å². The Hall–Kier alpha value is -2.88. The maximum atomic E-state index is 12.8. The highest BCUT2D eigenvalue weighted by molar-refractivity contribution is 5.83. The molecular weight excluding hydrogens is 317 g/mol. The SMILES string of the molecule is O=C(CCc1ccc(F)cc1)NCCOc1ccc2ccccc2c1. The summed E-state index contributed by atoms with van der Waals surface area (Å²) in [5, 5.41) is 5.13. The fourth-order valence-electron chi connectivity index (χ4n) is 2.61. The number of ether oxygens (including phenoxy) is 1. The Kier molecular flexibility index (Phi) is 5.62. The highest BCUT2D eigenvalue weighted by Gasteiger charge is 2.03. The molecule has 128 valence electrons. The highest BCUT2D eigenvalue weighted by Crippen LogP contribution is 2.20. The van der Waals surface area contributed by atoms with Crippen molar-refractivity contribution in [2.75, 3.05) is 13.2 Å². The number of hydrogen-bond acceptors (Lipinski definition) is 2. The quantitative estimate of drug-likeness (QED) is 0.659. The van der Waals surface area contributed by atoms with Crippen LogP contribution in [0.25, 0.3) is 10.8 Å². The summed E-state index contributed by atoms with van der Waals surface area (Å²) in [7, 11) is 0. The lowest BCUT2D eigenvalue weighted by atomic mass is 10.1. The van der Waals surface area contributed by atoms with Crippen LogP contribution in [0.5, 0.6) is 5.75 Å². The van der Waals surface area contributed by atoms with Gasteiger partial charge in [0.1, 0.15) is 18.2 Å². The molecule has 0 heterocycles. The topological polar surface area (TPSA) is 38.3 Å². The Bertz CT molecular complexity index is 846. The van der Waals surface area contributed by atoms with Gasteiger partial charge in [-0.3, -0.25) is 4.79 Å².